The highest BCUT2D eigenvalue weighted by atomic mass is 16.5. The Morgan fingerprint density at radius 2 is 1.89 bits per heavy atom. The Kier molecular flexibility index (Phi) is 6.37. The number of benzene rings is 2. The number of nitrogens with zero attached hydrogens (tertiary/aromatic N) is 3. The quantitative estimate of drug-likeness (QED) is 0.317. The van der Waals surface area contributed by atoms with Crippen LogP contribution < -0.4 is 19.7 Å². The van der Waals surface area contributed by atoms with Crippen LogP contribution in [0.5, 0.6) is 17.4 Å². The van der Waals surface area contributed by atoms with Crippen LogP contribution in [-0.2, 0) is 11.2 Å². The molecular weight excluding hydrogens is 464 g/mol. The third kappa shape index (κ3) is 4.82. The van der Waals surface area contributed by atoms with E-state index in [0.29, 0.717) is 5.88 Å². The van der Waals surface area contributed by atoms with E-state index >= 15 is 0 Å². The number of hydrogen-bond acceptors (Lipinski definition) is 7. The van der Waals surface area contributed by atoms with Gasteiger partial charge in [-0.2, -0.15) is 0 Å². The monoisotopic (exact) mass is 494 g/mol. The van der Waals surface area contributed by atoms with Gasteiger partial charge in [-0.05, 0) is 48.9 Å². The first kappa shape index (κ1) is 23.3. The molecule has 1 atom stereocenters. The molecule has 0 saturated carbocycles. The fourth-order valence-electron chi connectivity index (χ4n) is 4.97. The number of aromatic nitrogens is 2. The van der Waals surface area contributed by atoms with Gasteiger partial charge in [0.15, 0.2) is 0 Å². The van der Waals surface area contributed by atoms with Gasteiger partial charge < -0.3 is 24.4 Å². The molecule has 2 aliphatic rings. The smallest absolute Gasteiger partial charge is 0.215 e. The minimum absolute atomic E-state index is 0.148. The molecule has 37 heavy (non-hydrogen) atoms. The van der Waals surface area contributed by atoms with Crippen LogP contribution in [0, 0.1) is 0 Å². The molecule has 0 spiro atoms. The van der Waals surface area contributed by atoms with Crippen LogP contribution in [0.3, 0.4) is 0 Å². The van der Waals surface area contributed by atoms with Crippen molar-refractivity contribution < 1.29 is 14.2 Å². The van der Waals surface area contributed by atoms with E-state index in [1.54, 1.807) is 13.3 Å². The number of morpholine rings is 1. The number of fused-ring (bicyclic) bond motifs is 2. The van der Waals surface area contributed by atoms with Crippen molar-refractivity contribution in [1.29, 1.82) is 0 Å². The van der Waals surface area contributed by atoms with E-state index < -0.39 is 0 Å². The summed E-state index contributed by atoms with van der Waals surface area (Å²) in [4.78, 5) is 11.3. The second-order valence-corrected chi connectivity index (χ2v) is 9.40. The highest BCUT2D eigenvalue weighted by molar-refractivity contribution is 5.75. The molecule has 1 fully saturated rings. The second kappa shape index (κ2) is 10.1. The lowest BCUT2D eigenvalue weighted by Gasteiger charge is -2.29. The van der Waals surface area contributed by atoms with Gasteiger partial charge in [-0.1, -0.05) is 18.2 Å². The van der Waals surface area contributed by atoms with Gasteiger partial charge in [0.05, 0.1) is 32.1 Å². The summed E-state index contributed by atoms with van der Waals surface area (Å²) >= 11 is 0. The van der Waals surface area contributed by atoms with Crippen LogP contribution in [0.1, 0.15) is 29.7 Å². The molecule has 7 nitrogen and oxygen atoms in total. The van der Waals surface area contributed by atoms with E-state index in [4.69, 9.17) is 19.2 Å². The van der Waals surface area contributed by atoms with Gasteiger partial charge in [0.1, 0.15) is 11.5 Å². The summed E-state index contributed by atoms with van der Waals surface area (Å²) in [6.45, 7) is 5.27. The van der Waals surface area contributed by atoms with E-state index in [1.807, 2.05) is 24.4 Å². The summed E-state index contributed by atoms with van der Waals surface area (Å²) in [5.41, 5.74) is 7.38. The van der Waals surface area contributed by atoms with E-state index in [1.165, 1.54) is 0 Å². The van der Waals surface area contributed by atoms with Crippen molar-refractivity contribution in [2.75, 3.05) is 43.6 Å². The number of nitrogens with one attached hydrogen (secondary N) is 1. The molecule has 2 aromatic carbocycles. The predicted molar refractivity (Wildman–Crippen MR) is 145 cm³/mol. The number of para-hydroxylation sites is 1. The maximum Gasteiger partial charge on any atom is 0.215 e. The average Bonchev–Trinajstić information content (AvgIpc) is 2.96. The highest BCUT2D eigenvalue weighted by Gasteiger charge is 2.23. The fraction of sp³-hybridized carbons (Fsp3) is 0.267. The molecule has 0 radical (unpaired) electrons. The standard InChI is InChI=1S/C30H30N4O3/c1-20(22-6-4-10-31-19-22)32-24-8-9-28-23(16-24)15-21-5-3-7-26(30(21)37-28)27-17-25(18-29(33-27)35-2)34-11-13-36-14-12-34/h3-10,16-20,32H,11-15H2,1-2H3. The third-order valence-corrected chi connectivity index (χ3v) is 6.97. The van der Waals surface area contributed by atoms with Crippen LogP contribution in [0.2, 0.25) is 0 Å². The molecule has 188 valence electrons. The minimum Gasteiger partial charge on any atom is -0.481 e. The zero-order chi connectivity index (χ0) is 25.2. The molecule has 4 aromatic rings. The summed E-state index contributed by atoms with van der Waals surface area (Å²) < 4.78 is 17.6. The maximum absolute atomic E-state index is 6.51. The third-order valence-electron chi connectivity index (χ3n) is 6.97. The number of methoxy groups -OCH3 is 1. The molecule has 1 saturated heterocycles. The van der Waals surface area contributed by atoms with Crippen molar-refractivity contribution in [1.82, 2.24) is 9.97 Å². The Hall–Kier alpha value is -4.10. The predicted octanol–water partition coefficient (Wildman–Crippen LogP) is 5.86. The molecule has 2 aliphatic heterocycles. The SMILES string of the molecule is COc1cc(N2CCOCC2)cc(-c2cccc3c2Oc2ccc(NC(C)c4cccnc4)cc2C3)n1. The Morgan fingerprint density at radius 1 is 1.00 bits per heavy atom. The number of pyridine rings is 2. The molecule has 1 N–H and O–H groups in total. The first-order valence-corrected chi connectivity index (χ1v) is 12.7. The van der Waals surface area contributed by atoms with E-state index in [-0.39, 0.29) is 6.04 Å². The van der Waals surface area contributed by atoms with Crippen molar-refractivity contribution in [2.45, 2.75) is 19.4 Å². The summed E-state index contributed by atoms with van der Waals surface area (Å²) in [6.07, 6.45) is 4.48. The summed E-state index contributed by atoms with van der Waals surface area (Å²) in [6, 6.07) is 20.9. The van der Waals surface area contributed by atoms with Crippen molar-refractivity contribution in [3.05, 3.63) is 89.7 Å². The Labute approximate surface area is 217 Å². The molecular formula is C30H30N4O3. The van der Waals surface area contributed by atoms with Crippen LogP contribution in [0.25, 0.3) is 11.3 Å². The second-order valence-electron chi connectivity index (χ2n) is 9.40. The summed E-state index contributed by atoms with van der Waals surface area (Å²) in [5.74, 6) is 2.32. The first-order chi connectivity index (χ1) is 18.2. The molecule has 6 rings (SSSR count). The number of ether oxygens (including phenoxy) is 3. The Balaban J connectivity index is 1.29. The maximum atomic E-state index is 6.51. The van der Waals surface area contributed by atoms with Crippen LogP contribution in [0.4, 0.5) is 11.4 Å². The highest BCUT2D eigenvalue weighted by Crippen LogP contribution is 2.44. The van der Waals surface area contributed by atoms with Crippen LogP contribution in [0.15, 0.2) is 73.1 Å². The van der Waals surface area contributed by atoms with Gasteiger partial charge in [0.2, 0.25) is 5.88 Å². The lowest BCUT2D eigenvalue weighted by atomic mass is 9.96. The molecule has 0 bridgehead atoms. The van der Waals surface area contributed by atoms with Gasteiger partial charge in [-0.25, -0.2) is 4.98 Å². The number of anilines is 2. The van der Waals surface area contributed by atoms with Crippen LogP contribution >= 0.6 is 0 Å². The van der Waals surface area contributed by atoms with Gasteiger partial charge in [-0.15, -0.1) is 0 Å². The normalized spacial score (nSPS) is 15.2. The Bertz CT molecular complexity index is 1400. The molecule has 7 heteroatoms. The first-order valence-electron chi connectivity index (χ1n) is 12.7. The zero-order valence-corrected chi connectivity index (χ0v) is 21.1. The fourth-order valence-corrected chi connectivity index (χ4v) is 4.97. The largest absolute Gasteiger partial charge is 0.481 e. The molecule has 1 unspecified atom stereocenters. The summed E-state index contributed by atoms with van der Waals surface area (Å²) in [7, 11) is 1.66. The van der Waals surface area contributed by atoms with Gasteiger partial charge >= 0.3 is 0 Å². The lowest BCUT2D eigenvalue weighted by Crippen LogP contribution is -2.36. The summed E-state index contributed by atoms with van der Waals surface area (Å²) in [5, 5.41) is 3.59. The molecule has 2 aromatic heterocycles. The van der Waals surface area contributed by atoms with Crippen molar-refractivity contribution in [3.8, 4) is 28.6 Å². The average molecular weight is 495 g/mol. The van der Waals surface area contributed by atoms with Crippen molar-refractivity contribution >= 4 is 11.4 Å². The molecule has 0 amide bonds. The van der Waals surface area contributed by atoms with Gasteiger partial charge in [0, 0.05) is 66.0 Å². The Morgan fingerprint density at radius 3 is 2.70 bits per heavy atom. The van der Waals surface area contributed by atoms with E-state index in [9.17, 15) is 0 Å². The topological polar surface area (TPSA) is 68.7 Å². The van der Waals surface area contributed by atoms with Crippen LogP contribution in [-0.4, -0.2) is 43.4 Å². The number of hydrogen-bond donors (Lipinski definition) is 1. The van der Waals surface area contributed by atoms with E-state index in [2.05, 4.69) is 64.6 Å². The lowest BCUT2D eigenvalue weighted by molar-refractivity contribution is 0.122. The van der Waals surface area contributed by atoms with Crippen molar-refractivity contribution in [2.24, 2.45) is 0 Å². The van der Waals surface area contributed by atoms with Gasteiger partial charge in [0.25, 0.3) is 0 Å². The zero-order valence-electron chi connectivity index (χ0n) is 21.1. The molecule has 0 aliphatic carbocycles. The number of rotatable bonds is 6. The minimum atomic E-state index is 0.148. The molecule has 4 heterocycles. The van der Waals surface area contributed by atoms with Gasteiger partial charge in [-0.3, -0.25) is 4.98 Å². The van der Waals surface area contributed by atoms with Crippen molar-refractivity contribution in [3.63, 3.8) is 0 Å². The van der Waals surface area contributed by atoms with E-state index in [0.717, 1.165) is 83.5 Å².